The van der Waals surface area contributed by atoms with Crippen LogP contribution in [0.3, 0.4) is 0 Å². The standard InChI is InChI=1S/C28H39NO4Si/c1-28(2,34(4,5)32)21-7-9-23-15-18-25(19-16-23)29-26(30)10-6-8-22-11-13-24(14-12-22)17-20-27(31)33-3/h11-20,32H,6-10,21H2,1-5H3,(H,29,30)/b20-17+. The van der Waals surface area contributed by atoms with Gasteiger partial charge in [0.15, 0.2) is 8.32 Å². The fourth-order valence-corrected chi connectivity index (χ4v) is 4.29. The van der Waals surface area contributed by atoms with Crippen LogP contribution in [-0.4, -0.2) is 32.1 Å². The third kappa shape index (κ3) is 9.27. The summed E-state index contributed by atoms with van der Waals surface area (Å²) >= 11 is 0. The van der Waals surface area contributed by atoms with Crippen LogP contribution in [0.1, 0.15) is 56.2 Å². The number of rotatable bonds is 12. The zero-order chi connectivity index (χ0) is 25.2. The van der Waals surface area contributed by atoms with Crippen molar-refractivity contribution in [2.24, 2.45) is 0 Å². The van der Waals surface area contributed by atoms with Crippen LogP contribution < -0.4 is 5.32 Å². The minimum atomic E-state index is -2.16. The molecule has 0 spiro atoms. The first-order valence-electron chi connectivity index (χ1n) is 12.0. The molecule has 0 saturated carbocycles. The first kappa shape index (κ1) is 27.5. The second-order valence-electron chi connectivity index (χ2n) is 9.99. The summed E-state index contributed by atoms with van der Waals surface area (Å²) in [6.07, 6.45) is 8.17. The molecule has 0 aromatic heterocycles. The van der Waals surface area contributed by atoms with Gasteiger partial charge in [-0.1, -0.05) is 50.2 Å². The quantitative estimate of drug-likeness (QED) is 0.217. The summed E-state index contributed by atoms with van der Waals surface area (Å²) in [6, 6.07) is 16.0. The molecular weight excluding hydrogens is 442 g/mol. The molecule has 34 heavy (non-hydrogen) atoms. The van der Waals surface area contributed by atoms with Gasteiger partial charge >= 0.3 is 5.97 Å². The summed E-state index contributed by atoms with van der Waals surface area (Å²) in [4.78, 5) is 33.9. The molecule has 0 aliphatic heterocycles. The molecule has 2 aromatic carbocycles. The molecule has 1 amide bonds. The normalized spacial score (nSPS) is 12.1. The number of nitrogens with one attached hydrogen (secondary N) is 1. The van der Waals surface area contributed by atoms with E-state index in [1.54, 1.807) is 6.08 Å². The molecule has 0 aliphatic rings. The maximum absolute atomic E-state index is 12.3. The van der Waals surface area contributed by atoms with Crippen LogP contribution in [0.2, 0.25) is 18.1 Å². The van der Waals surface area contributed by atoms with Gasteiger partial charge in [0.05, 0.1) is 7.11 Å². The van der Waals surface area contributed by atoms with E-state index in [2.05, 4.69) is 36.0 Å². The number of carbonyl (C=O) groups excluding carboxylic acids is 2. The monoisotopic (exact) mass is 481 g/mol. The Bertz CT molecular complexity index is 957. The maximum atomic E-state index is 12.3. The molecule has 0 bridgehead atoms. The van der Waals surface area contributed by atoms with Crippen molar-refractivity contribution < 1.29 is 19.1 Å². The van der Waals surface area contributed by atoms with Crippen molar-refractivity contribution in [1.29, 1.82) is 0 Å². The lowest BCUT2D eigenvalue weighted by Gasteiger charge is -2.35. The molecule has 2 N–H and O–H groups in total. The number of ether oxygens (including phenoxy) is 1. The Morgan fingerprint density at radius 1 is 0.971 bits per heavy atom. The molecule has 0 heterocycles. The topological polar surface area (TPSA) is 75.6 Å². The second-order valence-corrected chi connectivity index (χ2v) is 14.5. The van der Waals surface area contributed by atoms with Gasteiger partial charge in [0.2, 0.25) is 5.91 Å². The number of methoxy groups -OCH3 is 1. The van der Waals surface area contributed by atoms with Crippen molar-refractivity contribution in [2.45, 2.75) is 70.5 Å². The molecular formula is C28H39NO4Si. The zero-order valence-electron chi connectivity index (χ0n) is 21.2. The van der Waals surface area contributed by atoms with E-state index in [0.29, 0.717) is 6.42 Å². The predicted octanol–water partition coefficient (Wildman–Crippen LogP) is 6.13. The first-order chi connectivity index (χ1) is 16.0. The van der Waals surface area contributed by atoms with Crippen molar-refractivity contribution in [3.8, 4) is 0 Å². The van der Waals surface area contributed by atoms with Gasteiger partial charge < -0.3 is 14.8 Å². The number of aryl methyl sites for hydroxylation is 2. The zero-order valence-corrected chi connectivity index (χ0v) is 22.2. The number of benzene rings is 2. The number of anilines is 1. The van der Waals surface area contributed by atoms with E-state index in [1.807, 2.05) is 49.5 Å². The molecule has 0 aliphatic carbocycles. The van der Waals surface area contributed by atoms with E-state index in [9.17, 15) is 14.4 Å². The van der Waals surface area contributed by atoms with Crippen LogP contribution in [-0.2, 0) is 27.2 Å². The lowest BCUT2D eigenvalue weighted by molar-refractivity contribution is -0.134. The van der Waals surface area contributed by atoms with Gasteiger partial charge in [-0.25, -0.2) is 4.79 Å². The van der Waals surface area contributed by atoms with Crippen molar-refractivity contribution in [2.75, 3.05) is 12.4 Å². The lowest BCUT2D eigenvalue weighted by atomic mass is 10.0. The summed E-state index contributed by atoms with van der Waals surface area (Å²) in [7, 11) is -0.807. The van der Waals surface area contributed by atoms with E-state index in [1.165, 1.54) is 18.7 Å². The molecule has 0 fully saturated rings. The smallest absolute Gasteiger partial charge is 0.330 e. The number of esters is 1. The molecule has 0 unspecified atom stereocenters. The summed E-state index contributed by atoms with van der Waals surface area (Å²) in [5.74, 6) is -0.362. The van der Waals surface area contributed by atoms with Crippen molar-refractivity contribution in [1.82, 2.24) is 0 Å². The third-order valence-electron chi connectivity index (χ3n) is 6.62. The van der Waals surface area contributed by atoms with E-state index >= 15 is 0 Å². The van der Waals surface area contributed by atoms with Gasteiger partial charge in [0, 0.05) is 18.2 Å². The highest BCUT2D eigenvalue weighted by Gasteiger charge is 2.37. The minimum Gasteiger partial charge on any atom is -0.466 e. The summed E-state index contributed by atoms with van der Waals surface area (Å²) in [5.41, 5.74) is 4.15. The van der Waals surface area contributed by atoms with Crippen molar-refractivity contribution in [3.63, 3.8) is 0 Å². The highest BCUT2D eigenvalue weighted by molar-refractivity contribution is 6.72. The number of carbonyl (C=O) groups is 2. The molecule has 0 atom stereocenters. The largest absolute Gasteiger partial charge is 0.466 e. The Hall–Kier alpha value is -2.70. The Morgan fingerprint density at radius 3 is 2.09 bits per heavy atom. The van der Waals surface area contributed by atoms with Crippen LogP contribution in [0.15, 0.2) is 54.6 Å². The molecule has 184 valence electrons. The number of hydrogen-bond donors (Lipinski definition) is 2. The van der Waals surface area contributed by atoms with Gasteiger partial charge in [-0.15, -0.1) is 0 Å². The number of hydrogen-bond acceptors (Lipinski definition) is 4. The summed E-state index contributed by atoms with van der Waals surface area (Å²) in [5, 5.41) is 2.98. The molecule has 2 rings (SSSR count). The Balaban J connectivity index is 1.72. The maximum Gasteiger partial charge on any atom is 0.330 e. The van der Waals surface area contributed by atoms with E-state index in [-0.39, 0.29) is 16.9 Å². The van der Waals surface area contributed by atoms with Gasteiger partial charge in [-0.3, -0.25) is 4.79 Å². The first-order valence-corrected chi connectivity index (χ1v) is 14.9. The van der Waals surface area contributed by atoms with Gasteiger partial charge in [-0.2, -0.15) is 0 Å². The SMILES string of the molecule is COC(=O)/C=C/c1ccc(CCCC(=O)Nc2ccc(CCCC(C)(C)[Si](C)(C)O)cc2)cc1. The van der Waals surface area contributed by atoms with Crippen LogP contribution in [0.25, 0.3) is 6.08 Å². The molecule has 0 radical (unpaired) electrons. The molecule has 6 heteroatoms. The van der Waals surface area contributed by atoms with Crippen molar-refractivity contribution in [3.05, 3.63) is 71.3 Å². The van der Waals surface area contributed by atoms with E-state index in [0.717, 1.165) is 48.9 Å². The van der Waals surface area contributed by atoms with Gasteiger partial charge in [-0.05, 0) is 85.1 Å². The van der Waals surface area contributed by atoms with E-state index in [4.69, 9.17) is 0 Å². The summed E-state index contributed by atoms with van der Waals surface area (Å²) in [6.45, 7) is 8.34. The Labute approximate surface area is 205 Å². The second kappa shape index (κ2) is 12.7. The van der Waals surface area contributed by atoms with Gasteiger partial charge in [0.25, 0.3) is 0 Å². The highest BCUT2D eigenvalue weighted by Crippen LogP contribution is 2.40. The van der Waals surface area contributed by atoms with Crippen LogP contribution in [0.5, 0.6) is 0 Å². The molecule has 5 nitrogen and oxygen atoms in total. The Kier molecular flexibility index (Phi) is 10.3. The van der Waals surface area contributed by atoms with Crippen LogP contribution in [0.4, 0.5) is 5.69 Å². The summed E-state index contributed by atoms with van der Waals surface area (Å²) < 4.78 is 4.59. The van der Waals surface area contributed by atoms with Crippen LogP contribution in [0, 0.1) is 0 Å². The third-order valence-corrected chi connectivity index (χ3v) is 10.2. The number of amides is 1. The predicted molar refractivity (Wildman–Crippen MR) is 142 cm³/mol. The lowest BCUT2D eigenvalue weighted by Crippen LogP contribution is -2.38. The molecule has 2 aromatic rings. The van der Waals surface area contributed by atoms with Gasteiger partial charge in [0.1, 0.15) is 0 Å². The minimum absolute atomic E-state index is 0.00447. The Morgan fingerprint density at radius 2 is 1.53 bits per heavy atom. The van der Waals surface area contributed by atoms with Crippen LogP contribution >= 0.6 is 0 Å². The molecule has 0 saturated heterocycles. The average Bonchev–Trinajstić information content (AvgIpc) is 2.78. The van der Waals surface area contributed by atoms with Crippen molar-refractivity contribution >= 4 is 32.0 Å². The van der Waals surface area contributed by atoms with E-state index < -0.39 is 8.32 Å². The fraction of sp³-hybridized carbons (Fsp3) is 0.429. The highest BCUT2D eigenvalue weighted by atomic mass is 28.4. The average molecular weight is 482 g/mol. The fourth-order valence-electron chi connectivity index (χ4n) is 3.50.